The molecule has 6 heteroatoms. The number of rotatable bonds is 5. The lowest BCUT2D eigenvalue weighted by atomic mass is 9.88. The van der Waals surface area contributed by atoms with Gasteiger partial charge in [0.25, 0.3) is 5.91 Å². The Bertz CT molecular complexity index is 717. The fourth-order valence-electron chi connectivity index (χ4n) is 3.37. The van der Waals surface area contributed by atoms with Gasteiger partial charge in [-0.2, -0.15) is 0 Å². The smallest absolute Gasteiger partial charge is 0.279 e. The number of anilines is 1. The molecule has 0 aromatic carbocycles. The molecule has 122 valence electrons. The molecule has 0 aliphatic heterocycles. The Morgan fingerprint density at radius 2 is 2.30 bits per heavy atom. The number of carbonyl (C=O) groups is 1. The molecule has 1 fully saturated rings. The number of nitrogens with zero attached hydrogens (tertiary/aromatic N) is 2. The second kappa shape index (κ2) is 6.07. The molecule has 0 radical (unpaired) electrons. The van der Waals surface area contributed by atoms with Crippen LogP contribution < -0.4 is 5.32 Å². The van der Waals surface area contributed by atoms with Gasteiger partial charge in [0.2, 0.25) is 0 Å². The lowest BCUT2D eigenvalue weighted by Gasteiger charge is -2.19. The number of aryl methyl sites for hydroxylation is 1. The van der Waals surface area contributed by atoms with Gasteiger partial charge in [0.05, 0.1) is 5.69 Å². The van der Waals surface area contributed by atoms with E-state index in [1.165, 1.54) is 36.2 Å². The fraction of sp³-hybridized carbons (Fsp3) is 0.588. The van der Waals surface area contributed by atoms with Crippen LogP contribution in [0.5, 0.6) is 0 Å². The Hall–Kier alpha value is -1.69. The molecule has 2 heterocycles. The molecule has 2 aliphatic rings. The second-order valence-corrected chi connectivity index (χ2v) is 7.66. The molecule has 1 unspecified atom stereocenters. The summed E-state index contributed by atoms with van der Waals surface area (Å²) >= 11 is 1.62. The summed E-state index contributed by atoms with van der Waals surface area (Å²) in [6.07, 6.45) is 9.40. The molecule has 5 nitrogen and oxygen atoms in total. The van der Waals surface area contributed by atoms with Crippen LogP contribution >= 0.6 is 11.3 Å². The van der Waals surface area contributed by atoms with E-state index in [9.17, 15) is 4.79 Å². The minimum absolute atomic E-state index is 0.197. The van der Waals surface area contributed by atoms with E-state index in [0.29, 0.717) is 16.7 Å². The number of hydrogen-bond donors (Lipinski definition) is 1. The van der Waals surface area contributed by atoms with Crippen molar-refractivity contribution in [3.05, 3.63) is 28.4 Å². The highest BCUT2D eigenvalue weighted by molar-refractivity contribution is 7.15. The summed E-state index contributed by atoms with van der Waals surface area (Å²) in [5.74, 6) is 1.68. The Morgan fingerprint density at radius 3 is 3.09 bits per heavy atom. The summed E-state index contributed by atoms with van der Waals surface area (Å²) in [5.41, 5.74) is 1.59. The zero-order valence-electron chi connectivity index (χ0n) is 13.3. The van der Waals surface area contributed by atoms with Crippen LogP contribution in [0.1, 0.15) is 71.8 Å². The Kier molecular flexibility index (Phi) is 3.93. The van der Waals surface area contributed by atoms with E-state index < -0.39 is 0 Å². The average molecular weight is 331 g/mol. The van der Waals surface area contributed by atoms with Crippen molar-refractivity contribution in [1.29, 1.82) is 0 Å². The van der Waals surface area contributed by atoms with Crippen molar-refractivity contribution in [2.75, 3.05) is 5.32 Å². The number of oxazole rings is 1. The number of carbonyl (C=O) groups excluding carboxylic acids is 1. The van der Waals surface area contributed by atoms with Gasteiger partial charge in [-0.15, -0.1) is 11.3 Å². The van der Waals surface area contributed by atoms with Crippen molar-refractivity contribution in [2.45, 2.75) is 57.8 Å². The maximum Gasteiger partial charge on any atom is 0.279 e. The Labute approximate surface area is 139 Å². The molecule has 2 aliphatic carbocycles. The molecule has 1 amide bonds. The number of thiazole rings is 1. The van der Waals surface area contributed by atoms with Crippen molar-refractivity contribution in [3.8, 4) is 0 Å². The Morgan fingerprint density at radius 1 is 1.43 bits per heavy atom. The molecule has 2 aromatic heterocycles. The lowest BCUT2D eigenvalue weighted by molar-refractivity contribution is 0.102. The molecule has 1 N–H and O–H groups in total. The van der Waals surface area contributed by atoms with Crippen LogP contribution in [0.2, 0.25) is 0 Å². The van der Waals surface area contributed by atoms with Gasteiger partial charge < -0.3 is 4.42 Å². The lowest BCUT2D eigenvalue weighted by Crippen LogP contribution is -2.14. The third-order valence-corrected chi connectivity index (χ3v) is 5.75. The van der Waals surface area contributed by atoms with Gasteiger partial charge in [0.15, 0.2) is 17.2 Å². The second-order valence-electron chi connectivity index (χ2n) is 6.58. The first kappa shape index (κ1) is 14.9. The maximum absolute atomic E-state index is 12.4. The molecule has 0 bridgehead atoms. The van der Waals surface area contributed by atoms with Crippen LogP contribution in [-0.2, 0) is 12.8 Å². The summed E-state index contributed by atoms with van der Waals surface area (Å²) in [5, 5.41) is 3.61. The van der Waals surface area contributed by atoms with Crippen molar-refractivity contribution in [2.24, 2.45) is 5.92 Å². The van der Waals surface area contributed by atoms with E-state index in [2.05, 4.69) is 22.2 Å². The van der Waals surface area contributed by atoms with E-state index in [1.54, 1.807) is 11.3 Å². The van der Waals surface area contributed by atoms with E-state index in [0.717, 1.165) is 37.4 Å². The van der Waals surface area contributed by atoms with Gasteiger partial charge in [0, 0.05) is 10.8 Å². The topological polar surface area (TPSA) is 68.0 Å². The molecular weight excluding hydrogens is 310 g/mol. The van der Waals surface area contributed by atoms with Crippen molar-refractivity contribution in [3.63, 3.8) is 0 Å². The van der Waals surface area contributed by atoms with Crippen LogP contribution in [0.15, 0.2) is 10.8 Å². The first-order valence-corrected chi connectivity index (χ1v) is 9.29. The van der Waals surface area contributed by atoms with Crippen molar-refractivity contribution in [1.82, 2.24) is 9.97 Å². The zero-order chi connectivity index (χ0) is 15.8. The van der Waals surface area contributed by atoms with Gasteiger partial charge in [-0.25, -0.2) is 9.97 Å². The van der Waals surface area contributed by atoms with Crippen LogP contribution in [-0.4, -0.2) is 15.9 Å². The van der Waals surface area contributed by atoms with Crippen molar-refractivity contribution < 1.29 is 9.21 Å². The number of nitrogens with one attached hydrogen (secondary N) is 1. The van der Waals surface area contributed by atoms with Gasteiger partial charge in [-0.05, 0) is 38.0 Å². The molecule has 2 aromatic rings. The molecule has 23 heavy (non-hydrogen) atoms. The largest absolute Gasteiger partial charge is 0.447 e. The van der Waals surface area contributed by atoms with Gasteiger partial charge >= 0.3 is 0 Å². The number of hydrogen-bond acceptors (Lipinski definition) is 5. The average Bonchev–Trinajstić information content (AvgIpc) is 3.12. The molecule has 0 spiro atoms. The quantitative estimate of drug-likeness (QED) is 0.893. The third-order valence-electron chi connectivity index (χ3n) is 4.72. The Balaban J connectivity index is 1.47. The first-order valence-electron chi connectivity index (χ1n) is 8.48. The van der Waals surface area contributed by atoms with Gasteiger partial charge in [-0.3, -0.25) is 10.1 Å². The number of aromatic nitrogens is 2. The molecule has 1 atom stereocenters. The van der Waals surface area contributed by atoms with Gasteiger partial charge in [0.1, 0.15) is 5.76 Å². The predicted octanol–water partition coefficient (Wildman–Crippen LogP) is 4.17. The van der Waals surface area contributed by atoms with Crippen LogP contribution in [0.4, 0.5) is 5.13 Å². The van der Waals surface area contributed by atoms with Crippen LogP contribution in [0, 0.1) is 5.92 Å². The van der Waals surface area contributed by atoms with E-state index in [4.69, 9.17) is 4.42 Å². The highest BCUT2D eigenvalue weighted by Crippen LogP contribution is 2.41. The third kappa shape index (κ3) is 3.04. The predicted molar refractivity (Wildman–Crippen MR) is 89.0 cm³/mol. The summed E-state index contributed by atoms with van der Waals surface area (Å²) in [6.45, 7) is 2.24. The van der Waals surface area contributed by atoms with Gasteiger partial charge in [-0.1, -0.05) is 19.8 Å². The minimum atomic E-state index is -0.197. The van der Waals surface area contributed by atoms with E-state index >= 15 is 0 Å². The minimum Gasteiger partial charge on any atom is -0.447 e. The van der Waals surface area contributed by atoms with E-state index in [1.807, 2.05) is 0 Å². The van der Waals surface area contributed by atoms with Crippen LogP contribution in [0.3, 0.4) is 0 Å². The monoisotopic (exact) mass is 331 g/mol. The normalized spacial score (nSPS) is 20.3. The SMILES string of the molecule is CCCC1CCc2nc(NC(=O)c3ncoc3C3CC3)sc2C1. The molecular formula is C17H21N3O2S. The molecule has 4 rings (SSSR count). The standard InChI is InChI=1S/C17H21N3O2S/c1-2-3-10-4-7-12-13(8-10)23-17(19-12)20-16(21)14-15(11-5-6-11)22-9-18-14/h9-11H,2-8H2,1H3,(H,19,20,21). The summed E-state index contributed by atoms with van der Waals surface area (Å²) in [7, 11) is 0. The van der Waals surface area contributed by atoms with E-state index in [-0.39, 0.29) is 5.91 Å². The summed E-state index contributed by atoms with van der Waals surface area (Å²) < 4.78 is 5.38. The molecule has 1 saturated carbocycles. The maximum atomic E-state index is 12.4. The highest BCUT2D eigenvalue weighted by Gasteiger charge is 2.33. The number of fused-ring (bicyclic) bond motifs is 1. The van der Waals surface area contributed by atoms with Crippen LogP contribution in [0.25, 0.3) is 0 Å². The fourth-order valence-corrected chi connectivity index (χ4v) is 4.49. The highest BCUT2D eigenvalue weighted by atomic mass is 32.1. The molecule has 0 saturated heterocycles. The van der Waals surface area contributed by atoms with Crippen molar-refractivity contribution >= 4 is 22.4 Å². The zero-order valence-corrected chi connectivity index (χ0v) is 14.1. The number of amides is 1. The summed E-state index contributed by atoms with van der Waals surface area (Å²) in [6, 6.07) is 0. The summed E-state index contributed by atoms with van der Waals surface area (Å²) in [4.78, 5) is 22.5. The first-order chi connectivity index (χ1) is 11.2.